The van der Waals surface area contributed by atoms with Crippen molar-refractivity contribution in [3.63, 3.8) is 0 Å². The molecule has 21 heavy (non-hydrogen) atoms. The number of piperazine rings is 1. The van der Waals surface area contributed by atoms with Gasteiger partial charge in [0.1, 0.15) is 12.2 Å². The van der Waals surface area contributed by atoms with Gasteiger partial charge in [0.15, 0.2) is 0 Å². The Bertz CT molecular complexity index is 449. The van der Waals surface area contributed by atoms with Gasteiger partial charge in [-0.15, -0.1) is 0 Å². The van der Waals surface area contributed by atoms with E-state index in [1.807, 2.05) is 0 Å². The molecule has 0 spiro atoms. The Morgan fingerprint density at radius 3 is 2.67 bits per heavy atom. The van der Waals surface area contributed by atoms with E-state index in [-0.39, 0.29) is 5.54 Å². The maximum absolute atomic E-state index is 4.49. The Morgan fingerprint density at radius 1 is 1.33 bits per heavy atom. The molecule has 120 valence electrons. The molecule has 2 rings (SSSR count). The first-order valence-corrected chi connectivity index (χ1v) is 8.14. The molecule has 0 bridgehead atoms. The van der Waals surface area contributed by atoms with E-state index in [1.54, 1.807) is 6.33 Å². The number of nitrogens with zero attached hydrogens (tertiary/aromatic N) is 4. The zero-order valence-corrected chi connectivity index (χ0v) is 14.4. The van der Waals surface area contributed by atoms with Crippen LogP contribution in [0.15, 0.2) is 6.33 Å². The van der Waals surface area contributed by atoms with Gasteiger partial charge in [0, 0.05) is 31.2 Å². The summed E-state index contributed by atoms with van der Waals surface area (Å²) in [6, 6.07) is 0.558. The predicted octanol–water partition coefficient (Wildman–Crippen LogP) is 2.14. The number of aromatic nitrogens is 3. The molecule has 0 radical (unpaired) electrons. The smallest absolute Gasteiger partial charge is 0.141 e. The second-order valence-corrected chi connectivity index (χ2v) is 7.73. The van der Waals surface area contributed by atoms with Gasteiger partial charge < -0.3 is 5.32 Å². The number of hydrogen-bond donors (Lipinski definition) is 1. The van der Waals surface area contributed by atoms with E-state index >= 15 is 0 Å². The van der Waals surface area contributed by atoms with Gasteiger partial charge in [-0.2, -0.15) is 5.10 Å². The van der Waals surface area contributed by atoms with Crippen molar-refractivity contribution in [1.82, 2.24) is 25.0 Å². The topological polar surface area (TPSA) is 46.0 Å². The van der Waals surface area contributed by atoms with E-state index in [4.69, 9.17) is 0 Å². The molecule has 1 atom stereocenters. The van der Waals surface area contributed by atoms with Crippen LogP contribution in [0.25, 0.3) is 0 Å². The summed E-state index contributed by atoms with van der Waals surface area (Å²) in [6.07, 6.45) is 1.69. The van der Waals surface area contributed by atoms with Crippen LogP contribution in [0.1, 0.15) is 47.4 Å². The molecule has 1 unspecified atom stereocenters. The Morgan fingerprint density at radius 2 is 2.05 bits per heavy atom. The second kappa shape index (κ2) is 6.44. The highest BCUT2D eigenvalue weighted by atomic mass is 15.4. The third-order valence-electron chi connectivity index (χ3n) is 4.21. The summed E-state index contributed by atoms with van der Waals surface area (Å²) >= 11 is 0. The van der Waals surface area contributed by atoms with Gasteiger partial charge in [-0.1, -0.05) is 27.7 Å². The largest absolute Gasteiger partial charge is 0.309 e. The first kappa shape index (κ1) is 16.4. The fraction of sp³-hybridized carbons (Fsp3) is 0.875. The minimum absolute atomic E-state index is 0.161. The highest BCUT2D eigenvalue weighted by Crippen LogP contribution is 2.22. The molecule has 1 N–H and O–H groups in total. The van der Waals surface area contributed by atoms with Crippen molar-refractivity contribution in [2.24, 2.45) is 11.8 Å². The first-order valence-electron chi connectivity index (χ1n) is 8.14. The zero-order chi connectivity index (χ0) is 15.6. The molecule has 5 nitrogen and oxygen atoms in total. The summed E-state index contributed by atoms with van der Waals surface area (Å²) in [5.74, 6) is 2.31. The van der Waals surface area contributed by atoms with Crippen LogP contribution in [0.3, 0.4) is 0 Å². The van der Waals surface area contributed by atoms with Gasteiger partial charge in [-0.05, 0) is 25.7 Å². The summed E-state index contributed by atoms with van der Waals surface area (Å²) in [4.78, 5) is 7.07. The summed E-state index contributed by atoms with van der Waals surface area (Å²) < 4.78 is 2.07. The van der Waals surface area contributed by atoms with Crippen molar-refractivity contribution in [3.8, 4) is 0 Å². The summed E-state index contributed by atoms with van der Waals surface area (Å²) in [5, 5.41) is 8.05. The molecule has 1 aliphatic rings. The quantitative estimate of drug-likeness (QED) is 0.903. The van der Waals surface area contributed by atoms with Crippen molar-refractivity contribution in [2.45, 2.75) is 66.2 Å². The van der Waals surface area contributed by atoms with Crippen molar-refractivity contribution >= 4 is 0 Å². The summed E-state index contributed by atoms with van der Waals surface area (Å²) in [7, 11) is 0. The van der Waals surface area contributed by atoms with Gasteiger partial charge in [-0.3, -0.25) is 4.90 Å². The average molecular weight is 293 g/mol. The van der Waals surface area contributed by atoms with Gasteiger partial charge in [-0.25, -0.2) is 9.67 Å². The molecule has 1 aromatic rings. The average Bonchev–Trinajstić information content (AvgIpc) is 2.74. The van der Waals surface area contributed by atoms with Crippen LogP contribution in [-0.2, 0) is 13.1 Å². The van der Waals surface area contributed by atoms with Gasteiger partial charge in [0.05, 0.1) is 6.54 Å². The molecule has 1 saturated heterocycles. The summed E-state index contributed by atoms with van der Waals surface area (Å²) in [6.45, 7) is 17.5. The number of rotatable bonds is 5. The highest BCUT2D eigenvalue weighted by Gasteiger charge is 2.34. The zero-order valence-electron chi connectivity index (χ0n) is 14.4. The van der Waals surface area contributed by atoms with E-state index in [9.17, 15) is 0 Å². The lowest BCUT2D eigenvalue weighted by Crippen LogP contribution is -2.62. The van der Waals surface area contributed by atoms with Gasteiger partial charge >= 0.3 is 0 Å². The predicted molar refractivity (Wildman–Crippen MR) is 86.0 cm³/mol. The van der Waals surface area contributed by atoms with E-state index in [0.29, 0.717) is 17.9 Å². The molecular weight excluding hydrogens is 262 g/mol. The minimum atomic E-state index is 0.161. The van der Waals surface area contributed by atoms with E-state index in [1.165, 1.54) is 0 Å². The lowest BCUT2D eigenvalue weighted by Gasteiger charge is -2.46. The lowest BCUT2D eigenvalue weighted by molar-refractivity contribution is 0.0591. The maximum atomic E-state index is 4.49. The Balaban J connectivity index is 2.13. The first-order chi connectivity index (χ1) is 9.78. The Kier molecular flexibility index (Phi) is 5.04. The van der Waals surface area contributed by atoms with E-state index in [2.05, 4.69) is 66.5 Å². The van der Waals surface area contributed by atoms with Gasteiger partial charge in [0.2, 0.25) is 0 Å². The molecule has 1 aliphatic heterocycles. The normalized spacial score (nSPS) is 23.1. The molecule has 0 aromatic carbocycles. The molecule has 0 aliphatic carbocycles. The van der Waals surface area contributed by atoms with Crippen molar-refractivity contribution in [1.29, 1.82) is 0 Å². The van der Waals surface area contributed by atoms with Crippen LogP contribution < -0.4 is 5.32 Å². The van der Waals surface area contributed by atoms with Crippen LogP contribution >= 0.6 is 0 Å². The number of hydrogen-bond acceptors (Lipinski definition) is 4. The van der Waals surface area contributed by atoms with Gasteiger partial charge in [0.25, 0.3) is 0 Å². The minimum Gasteiger partial charge on any atom is -0.309 e. The van der Waals surface area contributed by atoms with E-state index < -0.39 is 0 Å². The lowest BCUT2D eigenvalue weighted by atomic mass is 9.93. The Hall–Kier alpha value is -0.940. The van der Waals surface area contributed by atoms with Crippen LogP contribution in [0, 0.1) is 11.8 Å². The molecule has 1 aromatic heterocycles. The maximum Gasteiger partial charge on any atom is 0.141 e. The monoisotopic (exact) mass is 293 g/mol. The van der Waals surface area contributed by atoms with Crippen molar-refractivity contribution in [3.05, 3.63) is 12.2 Å². The van der Waals surface area contributed by atoms with Crippen LogP contribution in [0.5, 0.6) is 0 Å². The standard InChI is InChI=1S/C16H31N5/c1-12(2)8-21-15(17-11-19-21)9-20-10-16(5,6)18-7-14(20)13(3)4/h11-14,18H,7-10H2,1-6H3. The third-order valence-corrected chi connectivity index (χ3v) is 4.21. The fourth-order valence-corrected chi connectivity index (χ4v) is 3.11. The molecular formula is C16H31N5. The van der Waals surface area contributed by atoms with Crippen molar-refractivity contribution < 1.29 is 0 Å². The highest BCUT2D eigenvalue weighted by molar-refractivity contribution is 4.96. The van der Waals surface area contributed by atoms with Crippen molar-refractivity contribution in [2.75, 3.05) is 13.1 Å². The molecule has 0 amide bonds. The molecule has 5 heteroatoms. The molecule has 1 fully saturated rings. The van der Waals surface area contributed by atoms with Crippen LogP contribution in [0.4, 0.5) is 0 Å². The number of nitrogens with one attached hydrogen (secondary N) is 1. The molecule has 0 saturated carbocycles. The SMILES string of the molecule is CC(C)Cn1ncnc1CN1CC(C)(C)NCC1C(C)C. The second-order valence-electron chi connectivity index (χ2n) is 7.73. The van der Waals surface area contributed by atoms with Crippen LogP contribution in [-0.4, -0.2) is 44.3 Å². The summed E-state index contributed by atoms with van der Waals surface area (Å²) in [5.41, 5.74) is 0.161. The third kappa shape index (κ3) is 4.27. The van der Waals surface area contributed by atoms with Crippen LogP contribution in [0.2, 0.25) is 0 Å². The van der Waals surface area contributed by atoms with E-state index in [0.717, 1.165) is 32.0 Å². The fourth-order valence-electron chi connectivity index (χ4n) is 3.11. The molecule has 2 heterocycles. The Labute approximate surface area is 129 Å².